The summed E-state index contributed by atoms with van der Waals surface area (Å²) in [5.41, 5.74) is 2.65. The van der Waals surface area contributed by atoms with Gasteiger partial charge in [0, 0.05) is 38.3 Å². The number of hydrogen-bond acceptors (Lipinski definition) is 4. The first kappa shape index (κ1) is 14.2. The lowest BCUT2D eigenvalue weighted by molar-refractivity contribution is 0.168. The van der Waals surface area contributed by atoms with E-state index in [0.29, 0.717) is 13.2 Å². The van der Waals surface area contributed by atoms with E-state index >= 15 is 0 Å². The van der Waals surface area contributed by atoms with Gasteiger partial charge in [-0.05, 0) is 34.0 Å². The number of nitrogens with one attached hydrogen (secondary N) is 1. The van der Waals surface area contributed by atoms with Crippen LogP contribution in [0.3, 0.4) is 0 Å². The molecular formula is C15H21BrN2O2. The maximum Gasteiger partial charge on any atom is 0.175 e. The average Bonchev–Trinajstić information content (AvgIpc) is 2.49. The number of nitrogens with zero attached hydrogens (tertiary/aromatic N) is 1. The monoisotopic (exact) mass is 340 g/mol. The highest BCUT2D eigenvalue weighted by Gasteiger charge is 2.23. The number of fused-ring (bicyclic) bond motifs is 1. The molecule has 2 aliphatic heterocycles. The molecule has 0 aliphatic carbocycles. The van der Waals surface area contributed by atoms with Gasteiger partial charge in [-0.2, -0.15) is 0 Å². The zero-order valence-electron chi connectivity index (χ0n) is 11.9. The fourth-order valence-electron chi connectivity index (χ4n) is 2.91. The summed E-state index contributed by atoms with van der Waals surface area (Å²) in [4.78, 5) is 2.49. The number of piperazine rings is 1. The zero-order valence-corrected chi connectivity index (χ0v) is 13.5. The van der Waals surface area contributed by atoms with Crippen LogP contribution in [0, 0.1) is 0 Å². The van der Waals surface area contributed by atoms with E-state index < -0.39 is 0 Å². The van der Waals surface area contributed by atoms with Gasteiger partial charge in [-0.1, -0.05) is 6.92 Å². The number of ether oxygens (including phenoxy) is 2. The summed E-state index contributed by atoms with van der Waals surface area (Å²) in [7, 11) is 0. The van der Waals surface area contributed by atoms with Crippen molar-refractivity contribution in [2.45, 2.75) is 19.9 Å². The molecule has 0 saturated carbocycles. The van der Waals surface area contributed by atoms with Crippen molar-refractivity contribution >= 4 is 15.9 Å². The molecule has 1 saturated heterocycles. The summed E-state index contributed by atoms with van der Waals surface area (Å²) in [5, 5.41) is 3.39. The number of benzene rings is 1. The second kappa shape index (κ2) is 6.33. The normalized spacial score (nSPS) is 19.1. The van der Waals surface area contributed by atoms with Crippen LogP contribution in [0.4, 0.5) is 0 Å². The minimum absolute atomic E-state index is 0.631. The third kappa shape index (κ3) is 2.80. The Morgan fingerprint density at radius 2 is 1.90 bits per heavy atom. The number of halogens is 1. The van der Waals surface area contributed by atoms with Crippen LogP contribution in [0.15, 0.2) is 10.5 Å². The molecule has 0 bridgehead atoms. The maximum atomic E-state index is 5.87. The van der Waals surface area contributed by atoms with Crippen molar-refractivity contribution in [2.24, 2.45) is 0 Å². The van der Waals surface area contributed by atoms with Gasteiger partial charge < -0.3 is 14.8 Å². The Labute approximate surface area is 128 Å². The van der Waals surface area contributed by atoms with E-state index in [-0.39, 0.29) is 0 Å². The van der Waals surface area contributed by atoms with Gasteiger partial charge in [0.1, 0.15) is 13.2 Å². The summed E-state index contributed by atoms with van der Waals surface area (Å²) in [6, 6.07) is 2.20. The topological polar surface area (TPSA) is 33.7 Å². The van der Waals surface area contributed by atoms with Gasteiger partial charge in [-0.3, -0.25) is 4.90 Å². The highest BCUT2D eigenvalue weighted by molar-refractivity contribution is 9.10. The van der Waals surface area contributed by atoms with Crippen molar-refractivity contribution in [2.75, 3.05) is 39.4 Å². The lowest BCUT2D eigenvalue weighted by atomic mass is 10.0. The predicted octanol–water partition coefficient (Wildman–Crippen LogP) is 2.19. The predicted molar refractivity (Wildman–Crippen MR) is 82.7 cm³/mol. The molecule has 0 atom stereocenters. The molecule has 110 valence electrons. The Kier molecular flexibility index (Phi) is 4.48. The van der Waals surface area contributed by atoms with Gasteiger partial charge in [-0.25, -0.2) is 0 Å². The van der Waals surface area contributed by atoms with E-state index in [1.807, 2.05) is 0 Å². The fraction of sp³-hybridized carbons (Fsp3) is 0.600. The van der Waals surface area contributed by atoms with Gasteiger partial charge >= 0.3 is 0 Å². The third-order valence-corrected chi connectivity index (χ3v) is 4.51. The summed E-state index contributed by atoms with van der Waals surface area (Å²) in [6.45, 7) is 8.81. The van der Waals surface area contributed by atoms with Crippen LogP contribution < -0.4 is 14.8 Å². The Bertz CT molecular complexity index is 487. The molecule has 4 nitrogen and oxygen atoms in total. The van der Waals surface area contributed by atoms with Gasteiger partial charge in [0.25, 0.3) is 0 Å². The molecule has 0 unspecified atom stereocenters. The first-order valence-electron chi connectivity index (χ1n) is 7.32. The molecule has 1 aromatic rings. The second-order valence-corrected chi connectivity index (χ2v) is 6.09. The molecule has 0 spiro atoms. The molecule has 2 heterocycles. The molecular weight excluding hydrogens is 320 g/mol. The minimum atomic E-state index is 0.631. The fourth-order valence-corrected chi connectivity index (χ4v) is 3.48. The van der Waals surface area contributed by atoms with Crippen molar-refractivity contribution in [1.29, 1.82) is 0 Å². The molecule has 5 heteroatoms. The third-order valence-electron chi connectivity index (χ3n) is 3.92. The maximum absolute atomic E-state index is 5.87. The van der Waals surface area contributed by atoms with Crippen molar-refractivity contribution in [3.63, 3.8) is 0 Å². The molecule has 1 aromatic carbocycles. The van der Waals surface area contributed by atoms with E-state index in [9.17, 15) is 0 Å². The van der Waals surface area contributed by atoms with E-state index in [2.05, 4.69) is 39.1 Å². The van der Waals surface area contributed by atoms with Crippen molar-refractivity contribution in [3.8, 4) is 11.5 Å². The molecule has 2 aliphatic rings. The van der Waals surface area contributed by atoms with Gasteiger partial charge in [0.05, 0.1) is 4.47 Å². The van der Waals surface area contributed by atoms with E-state index in [0.717, 1.165) is 55.1 Å². The van der Waals surface area contributed by atoms with Crippen LogP contribution in [0.2, 0.25) is 0 Å². The molecule has 1 fully saturated rings. The van der Waals surface area contributed by atoms with E-state index in [1.54, 1.807) is 0 Å². The summed E-state index contributed by atoms with van der Waals surface area (Å²) >= 11 is 3.63. The first-order chi connectivity index (χ1) is 9.79. The van der Waals surface area contributed by atoms with Crippen LogP contribution in [-0.4, -0.2) is 44.3 Å². The molecule has 0 radical (unpaired) electrons. The highest BCUT2D eigenvalue weighted by atomic mass is 79.9. The first-order valence-corrected chi connectivity index (χ1v) is 8.11. The SMILES string of the molecule is CCc1c(CN2CCNCC2)cc(Br)c2c1OCCO2. The molecule has 0 amide bonds. The van der Waals surface area contributed by atoms with Crippen molar-refractivity contribution in [1.82, 2.24) is 10.2 Å². The van der Waals surface area contributed by atoms with E-state index in [4.69, 9.17) is 9.47 Å². The van der Waals surface area contributed by atoms with Crippen molar-refractivity contribution in [3.05, 3.63) is 21.7 Å². The van der Waals surface area contributed by atoms with Gasteiger partial charge in [-0.15, -0.1) is 0 Å². The van der Waals surface area contributed by atoms with Crippen LogP contribution in [0.1, 0.15) is 18.1 Å². The molecule has 3 rings (SSSR count). The summed E-state index contributed by atoms with van der Waals surface area (Å²) in [5.74, 6) is 1.82. The quantitative estimate of drug-likeness (QED) is 0.914. The van der Waals surface area contributed by atoms with Crippen LogP contribution in [-0.2, 0) is 13.0 Å². The average molecular weight is 341 g/mol. The van der Waals surface area contributed by atoms with Crippen LogP contribution in [0.5, 0.6) is 11.5 Å². The molecule has 1 N–H and O–H groups in total. The largest absolute Gasteiger partial charge is 0.486 e. The van der Waals surface area contributed by atoms with Gasteiger partial charge in [0.2, 0.25) is 0 Å². The van der Waals surface area contributed by atoms with Crippen LogP contribution >= 0.6 is 15.9 Å². The minimum Gasteiger partial charge on any atom is -0.486 e. The Morgan fingerprint density at radius 3 is 2.60 bits per heavy atom. The lowest BCUT2D eigenvalue weighted by Gasteiger charge is -2.29. The van der Waals surface area contributed by atoms with E-state index in [1.165, 1.54) is 11.1 Å². The molecule has 0 aromatic heterocycles. The highest BCUT2D eigenvalue weighted by Crippen LogP contribution is 2.42. The number of hydrogen-bond donors (Lipinski definition) is 1. The second-order valence-electron chi connectivity index (χ2n) is 5.23. The smallest absolute Gasteiger partial charge is 0.175 e. The lowest BCUT2D eigenvalue weighted by Crippen LogP contribution is -2.43. The summed E-state index contributed by atoms with van der Waals surface area (Å²) in [6.07, 6.45) is 0.973. The number of rotatable bonds is 3. The van der Waals surface area contributed by atoms with Crippen LogP contribution in [0.25, 0.3) is 0 Å². The van der Waals surface area contributed by atoms with Crippen molar-refractivity contribution < 1.29 is 9.47 Å². The Hall–Kier alpha value is -0.780. The van der Waals surface area contributed by atoms with Gasteiger partial charge in [0.15, 0.2) is 11.5 Å². The summed E-state index contributed by atoms with van der Waals surface area (Å²) < 4.78 is 12.6. The zero-order chi connectivity index (χ0) is 13.9. The standard InChI is InChI=1S/C15H21BrN2O2/c1-2-12-11(10-18-5-3-17-4-6-18)9-13(16)15-14(12)19-7-8-20-15/h9,17H,2-8,10H2,1H3. The molecule has 20 heavy (non-hydrogen) atoms. The Balaban J connectivity index is 1.91. The Morgan fingerprint density at radius 1 is 1.20 bits per heavy atom.